The van der Waals surface area contributed by atoms with E-state index in [-0.39, 0.29) is 6.61 Å². The van der Waals surface area contributed by atoms with E-state index in [9.17, 15) is 5.11 Å². The van der Waals surface area contributed by atoms with Crippen LogP contribution in [0.15, 0.2) is 46.9 Å². The molecule has 2 rings (SSSR count). The first-order chi connectivity index (χ1) is 9.22. The highest BCUT2D eigenvalue weighted by Gasteiger charge is 2.05. The van der Waals surface area contributed by atoms with Crippen molar-refractivity contribution in [3.05, 3.63) is 58.1 Å². The van der Waals surface area contributed by atoms with Crippen LogP contribution < -0.4 is 9.47 Å². The molecular formula is C15H15BrO3. The second kappa shape index (κ2) is 6.59. The number of ether oxygens (including phenoxy) is 2. The third-order valence-electron chi connectivity index (χ3n) is 2.75. The van der Waals surface area contributed by atoms with Gasteiger partial charge in [-0.25, -0.2) is 0 Å². The average Bonchev–Trinajstić information content (AvgIpc) is 2.46. The Bertz CT molecular complexity index is 538. The third kappa shape index (κ3) is 3.72. The zero-order valence-corrected chi connectivity index (χ0v) is 12.2. The lowest BCUT2D eigenvalue weighted by Crippen LogP contribution is -1.99. The fourth-order valence-corrected chi connectivity index (χ4v) is 1.93. The van der Waals surface area contributed by atoms with Crippen LogP contribution in [0.1, 0.15) is 11.1 Å². The highest BCUT2D eigenvalue weighted by Crippen LogP contribution is 2.25. The van der Waals surface area contributed by atoms with E-state index in [1.54, 1.807) is 25.3 Å². The number of halogens is 1. The van der Waals surface area contributed by atoms with Crippen molar-refractivity contribution in [3.63, 3.8) is 0 Å². The second-order valence-electron chi connectivity index (χ2n) is 4.05. The Balaban J connectivity index is 2.11. The van der Waals surface area contributed by atoms with Crippen LogP contribution in [0.2, 0.25) is 0 Å². The molecule has 0 heterocycles. The zero-order valence-electron chi connectivity index (χ0n) is 10.6. The van der Waals surface area contributed by atoms with Crippen molar-refractivity contribution < 1.29 is 14.6 Å². The molecule has 0 spiro atoms. The molecule has 0 aliphatic carbocycles. The van der Waals surface area contributed by atoms with Crippen LogP contribution >= 0.6 is 15.9 Å². The molecular weight excluding hydrogens is 308 g/mol. The quantitative estimate of drug-likeness (QED) is 0.915. The Labute approximate surface area is 120 Å². The van der Waals surface area contributed by atoms with Gasteiger partial charge >= 0.3 is 0 Å². The predicted molar refractivity (Wildman–Crippen MR) is 77.4 cm³/mol. The lowest BCUT2D eigenvalue weighted by Gasteiger charge is -2.11. The molecule has 0 atom stereocenters. The molecule has 0 saturated heterocycles. The van der Waals surface area contributed by atoms with Crippen LogP contribution in [0.5, 0.6) is 11.5 Å². The Morgan fingerprint density at radius 3 is 2.47 bits per heavy atom. The zero-order chi connectivity index (χ0) is 13.7. The molecule has 0 aliphatic heterocycles. The maximum Gasteiger partial charge on any atom is 0.129 e. The highest BCUT2D eigenvalue weighted by molar-refractivity contribution is 9.10. The summed E-state index contributed by atoms with van der Waals surface area (Å²) in [4.78, 5) is 0. The summed E-state index contributed by atoms with van der Waals surface area (Å²) in [6.45, 7) is 0.396. The van der Waals surface area contributed by atoms with E-state index in [0.717, 1.165) is 15.6 Å². The van der Waals surface area contributed by atoms with Crippen LogP contribution in [0.25, 0.3) is 0 Å². The minimum absolute atomic E-state index is 0.0559. The summed E-state index contributed by atoms with van der Waals surface area (Å²) in [5.41, 5.74) is 1.81. The van der Waals surface area contributed by atoms with Gasteiger partial charge in [-0.15, -0.1) is 0 Å². The van der Waals surface area contributed by atoms with Gasteiger partial charge in [-0.3, -0.25) is 0 Å². The van der Waals surface area contributed by atoms with E-state index in [0.29, 0.717) is 18.1 Å². The molecule has 100 valence electrons. The van der Waals surface area contributed by atoms with Gasteiger partial charge < -0.3 is 14.6 Å². The van der Waals surface area contributed by atoms with Crippen molar-refractivity contribution in [1.29, 1.82) is 0 Å². The van der Waals surface area contributed by atoms with Gasteiger partial charge in [0.05, 0.1) is 13.7 Å². The smallest absolute Gasteiger partial charge is 0.129 e. The minimum Gasteiger partial charge on any atom is -0.497 e. The number of hydrogen-bond donors (Lipinski definition) is 1. The second-order valence-corrected chi connectivity index (χ2v) is 4.96. The third-order valence-corrected chi connectivity index (χ3v) is 3.28. The number of aliphatic hydroxyl groups is 1. The number of hydrogen-bond acceptors (Lipinski definition) is 3. The van der Waals surface area contributed by atoms with Gasteiger partial charge in [0.25, 0.3) is 0 Å². The Hall–Kier alpha value is -1.52. The summed E-state index contributed by atoms with van der Waals surface area (Å²) in [5, 5.41) is 9.29. The Morgan fingerprint density at radius 1 is 1.11 bits per heavy atom. The largest absolute Gasteiger partial charge is 0.497 e. The van der Waals surface area contributed by atoms with Crippen molar-refractivity contribution in [2.75, 3.05) is 7.11 Å². The molecule has 2 aromatic carbocycles. The predicted octanol–water partition coefficient (Wildman–Crippen LogP) is 3.53. The molecule has 0 saturated carbocycles. The summed E-state index contributed by atoms with van der Waals surface area (Å²) in [5.74, 6) is 1.35. The summed E-state index contributed by atoms with van der Waals surface area (Å²) in [6.07, 6.45) is 0. The lowest BCUT2D eigenvalue weighted by molar-refractivity contribution is 0.258. The molecule has 4 heteroatoms. The molecule has 0 aromatic heterocycles. The highest BCUT2D eigenvalue weighted by atomic mass is 79.9. The summed E-state index contributed by atoms with van der Waals surface area (Å²) in [7, 11) is 1.60. The lowest BCUT2D eigenvalue weighted by atomic mass is 10.2. The maximum atomic E-state index is 9.29. The first kappa shape index (κ1) is 13.9. The van der Waals surface area contributed by atoms with Gasteiger partial charge in [0, 0.05) is 16.1 Å². The molecule has 0 fully saturated rings. The molecule has 19 heavy (non-hydrogen) atoms. The van der Waals surface area contributed by atoms with Crippen molar-refractivity contribution >= 4 is 15.9 Å². The van der Waals surface area contributed by atoms with Gasteiger partial charge in [-0.1, -0.05) is 28.1 Å². The van der Waals surface area contributed by atoms with E-state index in [1.807, 2.05) is 24.3 Å². The van der Waals surface area contributed by atoms with Gasteiger partial charge in [-0.05, 0) is 29.8 Å². The van der Waals surface area contributed by atoms with Crippen molar-refractivity contribution in [2.24, 2.45) is 0 Å². The van der Waals surface area contributed by atoms with Crippen molar-refractivity contribution in [3.8, 4) is 11.5 Å². The number of benzene rings is 2. The van der Waals surface area contributed by atoms with E-state index in [2.05, 4.69) is 15.9 Å². The molecule has 0 unspecified atom stereocenters. The SMILES string of the molecule is COc1ccc(CO)c(OCc2ccc(Br)cc2)c1. The first-order valence-corrected chi connectivity index (χ1v) is 6.67. The fourth-order valence-electron chi connectivity index (χ4n) is 1.67. The van der Waals surface area contributed by atoms with Gasteiger partial charge in [0.15, 0.2) is 0 Å². The Kier molecular flexibility index (Phi) is 4.82. The van der Waals surface area contributed by atoms with Crippen LogP contribution in [0.3, 0.4) is 0 Å². The van der Waals surface area contributed by atoms with Gasteiger partial charge in [0.1, 0.15) is 18.1 Å². The summed E-state index contributed by atoms with van der Waals surface area (Å²) >= 11 is 3.39. The van der Waals surface area contributed by atoms with Crippen molar-refractivity contribution in [1.82, 2.24) is 0 Å². The van der Waals surface area contributed by atoms with Gasteiger partial charge in [-0.2, -0.15) is 0 Å². The van der Waals surface area contributed by atoms with Crippen LogP contribution in [-0.2, 0) is 13.2 Å². The standard InChI is InChI=1S/C15H15BrO3/c1-18-14-7-4-12(9-17)15(8-14)19-10-11-2-5-13(16)6-3-11/h2-8,17H,9-10H2,1H3. The topological polar surface area (TPSA) is 38.7 Å². The first-order valence-electron chi connectivity index (χ1n) is 5.88. The normalized spacial score (nSPS) is 10.3. The molecule has 0 bridgehead atoms. The summed E-state index contributed by atoms with van der Waals surface area (Å²) < 4.78 is 11.9. The van der Waals surface area contributed by atoms with Crippen LogP contribution in [0.4, 0.5) is 0 Å². The molecule has 3 nitrogen and oxygen atoms in total. The molecule has 0 radical (unpaired) electrons. The van der Waals surface area contributed by atoms with Gasteiger partial charge in [0.2, 0.25) is 0 Å². The minimum atomic E-state index is -0.0559. The Morgan fingerprint density at radius 2 is 1.84 bits per heavy atom. The number of aliphatic hydroxyl groups excluding tert-OH is 1. The maximum absolute atomic E-state index is 9.29. The monoisotopic (exact) mass is 322 g/mol. The van der Waals surface area contributed by atoms with Crippen LogP contribution in [0, 0.1) is 0 Å². The van der Waals surface area contributed by atoms with E-state index in [4.69, 9.17) is 9.47 Å². The van der Waals surface area contributed by atoms with Crippen molar-refractivity contribution in [2.45, 2.75) is 13.2 Å². The van der Waals surface area contributed by atoms with E-state index in [1.165, 1.54) is 0 Å². The molecule has 0 amide bonds. The van der Waals surface area contributed by atoms with Crippen LogP contribution in [-0.4, -0.2) is 12.2 Å². The number of methoxy groups -OCH3 is 1. The molecule has 1 N–H and O–H groups in total. The summed E-state index contributed by atoms with van der Waals surface area (Å²) in [6, 6.07) is 13.3. The average molecular weight is 323 g/mol. The molecule has 2 aromatic rings. The molecule has 0 aliphatic rings. The fraction of sp³-hybridized carbons (Fsp3) is 0.200. The van der Waals surface area contributed by atoms with E-state index < -0.39 is 0 Å². The van der Waals surface area contributed by atoms with E-state index >= 15 is 0 Å². The number of rotatable bonds is 5.